The largest absolute Gasteiger partial charge is 0.325 e. The number of carbonyl (C=O) groups is 1. The molecule has 0 radical (unpaired) electrons. The maximum atomic E-state index is 12.9. The lowest BCUT2D eigenvalue weighted by Crippen LogP contribution is -2.46. The van der Waals surface area contributed by atoms with Crippen molar-refractivity contribution in [1.29, 1.82) is 0 Å². The predicted molar refractivity (Wildman–Crippen MR) is 110 cm³/mol. The van der Waals surface area contributed by atoms with Crippen LogP contribution in [0.25, 0.3) is 5.69 Å². The van der Waals surface area contributed by atoms with Crippen LogP contribution in [0.4, 0.5) is 5.69 Å². The van der Waals surface area contributed by atoms with Crippen LogP contribution in [-0.4, -0.2) is 33.2 Å². The van der Waals surface area contributed by atoms with Crippen LogP contribution in [0, 0.1) is 0 Å². The topological polar surface area (TPSA) is 50.2 Å². The lowest BCUT2D eigenvalue weighted by molar-refractivity contribution is -0.122. The zero-order chi connectivity index (χ0) is 18.6. The number of aromatic nitrogens is 2. The lowest BCUT2D eigenvalue weighted by atomic mass is 10.0. The highest BCUT2D eigenvalue weighted by Gasteiger charge is 2.29. The Bertz CT molecular complexity index is 891. The van der Waals surface area contributed by atoms with Crippen molar-refractivity contribution < 1.29 is 4.79 Å². The number of hydrogen-bond acceptors (Lipinski definition) is 4. The van der Waals surface area contributed by atoms with Crippen molar-refractivity contribution in [2.75, 3.05) is 11.9 Å². The van der Waals surface area contributed by atoms with Gasteiger partial charge in [0, 0.05) is 29.5 Å². The minimum absolute atomic E-state index is 0.0594. The van der Waals surface area contributed by atoms with Crippen molar-refractivity contribution >= 4 is 34.5 Å². The van der Waals surface area contributed by atoms with Gasteiger partial charge in [-0.05, 0) is 61.9 Å². The summed E-state index contributed by atoms with van der Waals surface area (Å²) in [5, 5.41) is 7.29. The molecule has 27 heavy (non-hydrogen) atoms. The van der Waals surface area contributed by atoms with Crippen molar-refractivity contribution in [3.05, 3.63) is 64.1 Å². The van der Waals surface area contributed by atoms with Gasteiger partial charge in [-0.2, -0.15) is 5.10 Å². The normalized spacial score (nSPS) is 17.7. The Balaban J connectivity index is 1.42. The molecule has 1 amide bonds. The molecule has 3 aromatic rings. The number of hydrogen-bond donors (Lipinski definition) is 1. The van der Waals surface area contributed by atoms with E-state index in [1.165, 1.54) is 4.88 Å². The van der Waals surface area contributed by atoms with Gasteiger partial charge in [0.15, 0.2) is 0 Å². The highest BCUT2D eigenvalue weighted by Crippen LogP contribution is 2.26. The second kappa shape index (κ2) is 8.25. The molecule has 0 aliphatic carbocycles. The van der Waals surface area contributed by atoms with Crippen molar-refractivity contribution in [3.63, 3.8) is 0 Å². The van der Waals surface area contributed by atoms with Gasteiger partial charge < -0.3 is 5.32 Å². The number of likely N-dealkylation sites (tertiary alicyclic amines) is 1. The van der Waals surface area contributed by atoms with Crippen LogP contribution in [0.1, 0.15) is 24.1 Å². The van der Waals surface area contributed by atoms with Crippen molar-refractivity contribution in [2.45, 2.75) is 31.8 Å². The molecule has 1 unspecified atom stereocenters. The molecule has 2 aromatic heterocycles. The molecular weight excluding hydrogens is 380 g/mol. The molecule has 1 aliphatic rings. The molecule has 4 rings (SSSR count). The standard InChI is InChI=1S/C20H21ClN4OS/c21-19-10-9-17(27-19)14-24-12-2-1-4-18(24)20(26)23-15-5-7-16(8-6-15)25-13-3-11-22-25/h3,5-11,13,18H,1-2,4,12,14H2,(H,23,26). The zero-order valence-electron chi connectivity index (χ0n) is 14.8. The fourth-order valence-corrected chi connectivity index (χ4v) is 4.57. The van der Waals surface area contributed by atoms with E-state index in [9.17, 15) is 4.79 Å². The van der Waals surface area contributed by atoms with Crippen LogP contribution in [0.15, 0.2) is 54.9 Å². The van der Waals surface area contributed by atoms with E-state index in [1.54, 1.807) is 22.2 Å². The highest BCUT2D eigenvalue weighted by molar-refractivity contribution is 7.16. The Labute approximate surface area is 167 Å². The second-order valence-electron chi connectivity index (χ2n) is 6.67. The van der Waals surface area contributed by atoms with Gasteiger partial charge >= 0.3 is 0 Å². The Morgan fingerprint density at radius 3 is 2.78 bits per heavy atom. The summed E-state index contributed by atoms with van der Waals surface area (Å²) in [5.74, 6) is 0.0594. The van der Waals surface area contributed by atoms with Gasteiger partial charge in [0.1, 0.15) is 0 Å². The van der Waals surface area contributed by atoms with Gasteiger partial charge in [-0.15, -0.1) is 11.3 Å². The number of anilines is 1. The molecule has 1 atom stereocenters. The van der Waals surface area contributed by atoms with Crippen LogP contribution in [0.2, 0.25) is 4.34 Å². The van der Waals surface area contributed by atoms with Gasteiger partial charge in [0.05, 0.1) is 16.1 Å². The first kappa shape index (κ1) is 18.2. The molecule has 1 aromatic carbocycles. The molecule has 1 aliphatic heterocycles. The molecular formula is C20H21ClN4OS. The molecule has 0 saturated carbocycles. The van der Waals surface area contributed by atoms with E-state index in [2.05, 4.69) is 15.3 Å². The molecule has 7 heteroatoms. The summed E-state index contributed by atoms with van der Waals surface area (Å²) >= 11 is 7.63. The number of rotatable bonds is 5. The third kappa shape index (κ3) is 4.40. The average molecular weight is 401 g/mol. The Morgan fingerprint density at radius 2 is 2.07 bits per heavy atom. The summed E-state index contributed by atoms with van der Waals surface area (Å²) in [4.78, 5) is 16.4. The van der Waals surface area contributed by atoms with Gasteiger partial charge in [0.25, 0.3) is 0 Å². The quantitative estimate of drug-likeness (QED) is 0.681. The van der Waals surface area contributed by atoms with E-state index in [1.807, 2.05) is 48.7 Å². The first-order valence-corrected chi connectivity index (χ1v) is 10.3. The molecule has 1 N–H and O–H groups in total. The SMILES string of the molecule is O=C(Nc1ccc(-n2cccn2)cc1)C1CCCCN1Cc1ccc(Cl)s1. The van der Waals surface area contributed by atoms with Gasteiger partial charge in [0.2, 0.25) is 5.91 Å². The van der Waals surface area contributed by atoms with Crippen LogP contribution >= 0.6 is 22.9 Å². The molecule has 5 nitrogen and oxygen atoms in total. The average Bonchev–Trinajstić information content (AvgIpc) is 3.35. The molecule has 0 spiro atoms. The number of nitrogens with one attached hydrogen (secondary N) is 1. The van der Waals surface area contributed by atoms with E-state index in [-0.39, 0.29) is 11.9 Å². The van der Waals surface area contributed by atoms with Gasteiger partial charge in [-0.25, -0.2) is 4.68 Å². The van der Waals surface area contributed by atoms with Crippen LogP contribution in [-0.2, 0) is 11.3 Å². The van der Waals surface area contributed by atoms with E-state index >= 15 is 0 Å². The van der Waals surface area contributed by atoms with Crippen molar-refractivity contribution in [2.24, 2.45) is 0 Å². The Hall–Kier alpha value is -2.15. The maximum Gasteiger partial charge on any atom is 0.241 e. The smallest absolute Gasteiger partial charge is 0.241 e. The third-order valence-corrected chi connectivity index (χ3v) is 6.02. The number of carbonyl (C=O) groups excluding carboxylic acids is 1. The fourth-order valence-electron chi connectivity index (χ4n) is 3.46. The van der Waals surface area contributed by atoms with Gasteiger partial charge in [-0.3, -0.25) is 9.69 Å². The lowest BCUT2D eigenvalue weighted by Gasteiger charge is -2.34. The summed E-state index contributed by atoms with van der Waals surface area (Å²) in [6.45, 7) is 1.71. The minimum atomic E-state index is -0.106. The van der Waals surface area contributed by atoms with Crippen LogP contribution in [0.3, 0.4) is 0 Å². The number of nitrogens with zero attached hydrogens (tertiary/aromatic N) is 3. The second-order valence-corrected chi connectivity index (χ2v) is 8.47. The zero-order valence-corrected chi connectivity index (χ0v) is 16.4. The van der Waals surface area contributed by atoms with E-state index < -0.39 is 0 Å². The predicted octanol–water partition coefficient (Wildman–Crippen LogP) is 4.58. The van der Waals surface area contributed by atoms with Gasteiger partial charge in [-0.1, -0.05) is 18.0 Å². The molecule has 1 fully saturated rings. The van der Waals surface area contributed by atoms with Crippen molar-refractivity contribution in [3.8, 4) is 5.69 Å². The molecule has 3 heterocycles. The van der Waals surface area contributed by atoms with E-state index in [0.29, 0.717) is 0 Å². The minimum Gasteiger partial charge on any atom is -0.325 e. The Kier molecular flexibility index (Phi) is 5.57. The van der Waals surface area contributed by atoms with Crippen LogP contribution < -0.4 is 5.32 Å². The Morgan fingerprint density at radius 1 is 1.22 bits per heavy atom. The summed E-state index contributed by atoms with van der Waals surface area (Å²) in [6, 6.07) is 13.5. The number of benzene rings is 1. The monoisotopic (exact) mass is 400 g/mol. The summed E-state index contributed by atoms with van der Waals surface area (Å²) in [5.41, 5.74) is 1.77. The first-order chi connectivity index (χ1) is 13.2. The number of thiophene rings is 1. The van der Waals surface area contributed by atoms with E-state index in [4.69, 9.17) is 11.6 Å². The number of halogens is 1. The summed E-state index contributed by atoms with van der Waals surface area (Å²) in [7, 11) is 0. The maximum absolute atomic E-state index is 12.9. The van der Waals surface area contributed by atoms with E-state index in [0.717, 1.165) is 48.1 Å². The number of piperidine rings is 1. The van der Waals surface area contributed by atoms with Crippen LogP contribution in [0.5, 0.6) is 0 Å². The summed E-state index contributed by atoms with van der Waals surface area (Å²) < 4.78 is 2.58. The molecule has 0 bridgehead atoms. The highest BCUT2D eigenvalue weighted by atomic mass is 35.5. The molecule has 1 saturated heterocycles. The number of amides is 1. The molecule has 140 valence electrons. The third-order valence-electron chi connectivity index (χ3n) is 4.81. The summed E-state index contributed by atoms with van der Waals surface area (Å²) in [6.07, 6.45) is 6.73. The fraction of sp³-hybridized carbons (Fsp3) is 0.300. The van der Waals surface area contributed by atoms with Crippen molar-refractivity contribution in [1.82, 2.24) is 14.7 Å². The first-order valence-electron chi connectivity index (χ1n) is 9.08.